The normalized spacial score (nSPS) is 24.4. The number of benzene rings is 1. The summed E-state index contributed by atoms with van der Waals surface area (Å²) >= 11 is 0. The van der Waals surface area contributed by atoms with Crippen LogP contribution in [0.3, 0.4) is 0 Å². The molecule has 0 bridgehead atoms. The molecule has 2 unspecified atom stereocenters. The van der Waals surface area contributed by atoms with Gasteiger partial charge >= 0.3 is 0 Å². The van der Waals surface area contributed by atoms with Crippen molar-refractivity contribution in [3.8, 4) is 0 Å². The first kappa shape index (κ1) is 11.4. The van der Waals surface area contributed by atoms with Crippen LogP contribution in [0, 0.1) is 5.92 Å². The second kappa shape index (κ2) is 4.53. The Balaban J connectivity index is 2.03. The van der Waals surface area contributed by atoms with Crippen molar-refractivity contribution in [3.63, 3.8) is 0 Å². The summed E-state index contributed by atoms with van der Waals surface area (Å²) < 4.78 is 0. The Labute approximate surface area is 107 Å². The van der Waals surface area contributed by atoms with Gasteiger partial charge < -0.3 is 10.6 Å². The summed E-state index contributed by atoms with van der Waals surface area (Å²) in [6.45, 7) is 4.20. The Morgan fingerprint density at radius 3 is 2.94 bits per heavy atom. The van der Waals surface area contributed by atoms with Crippen molar-refractivity contribution in [2.75, 3.05) is 18.0 Å². The zero-order valence-corrected chi connectivity index (χ0v) is 10.6. The minimum atomic E-state index is 0.251. The summed E-state index contributed by atoms with van der Waals surface area (Å²) in [4.78, 5) is 2.34. The van der Waals surface area contributed by atoms with Crippen molar-refractivity contribution in [2.45, 2.75) is 19.4 Å². The number of hydrogen-bond donors (Lipinski definition) is 1. The van der Waals surface area contributed by atoms with Crippen LogP contribution < -0.4 is 10.6 Å². The largest absolute Gasteiger partial charge is 0.368 e. The molecule has 1 saturated heterocycles. The van der Waals surface area contributed by atoms with Gasteiger partial charge in [0, 0.05) is 24.5 Å². The van der Waals surface area contributed by atoms with Crippen LogP contribution >= 0.6 is 0 Å². The summed E-state index contributed by atoms with van der Waals surface area (Å²) in [5.41, 5.74) is 8.22. The summed E-state index contributed by atoms with van der Waals surface area (Å²) in [7, 11) is 0. The predicted molar refractivity (Wildman–Crippen MR) is 73.5 cm³/mol. The fourth-order valence-electron chi connectivity index (χ4n) is 2.84. The third kappa shape index (κ3) is 2.04. The van der Waals surface area contributed by atoms with E-state index in [2.05, 4.69) is 28.1 Å². The lowest BCUT2D eigenvalue weighted by molar-refractivity contribution is 0.402. The number of rotatable bonds is 1. The van der Waals surface area contributed by atoms with E-state index >= 15 is 0 Å². The molecule has 2 atom stereocenters. The molecule has 2 N–H and O–H groups in total. The average molecular weight is 242 g/mol. The topological polar surface area (TPSA) is 55.0 Å². The van der Waals surface area contributed by atoms with Crippen molar-refractivity contribution in [1.29, 1.82) is 0 Å². The lowest BCUT2D eigenvalue weighted by atomic mass is 9.96. The Bertz CT molecular complexity index is 539. The molecule has 3 rings (SSSR count). The Hall–Kier alpha value is -1.68. The minimum Gasteiger partial charge on any atom is -0.368 e. The van der Waals surface area contributed by atoms with Crippen molar-refractivity contribution < 1.29 is 0 Å². The smallest absolute Gasteiger partial charge is 0.0950 e. The lowest BCUT2D eigenvalue weighted by Crippen LogP contribution is -2.46. The number of fused-ring (bicyclic) bond motifs is 1. The third-order valence-corrected chi connectivity index (χ3v) is 3.56. The fraction of sp³-hybridized carbons (Fsp3) is 0.429. The maximum Gasteiger partial charge on any atom is 0.0950 e. The molecule has 1 aliphatic rings. The van der Waals surface area contributed by atoms with Crippen molar-refractivity contribution in [1.82, 2.24) is 10.2 Å². The van der Waals surface area contributed by atoms with Gasteiger partial charge in [-0.05, 0) is 18.4 Å². The van der Waals surface area contributed by atoms with Crippen LogP contribution in [0.25, 0.3) is 10.9 Å². The molecule has 18 heavy (non-hydrogen) atoms. The molecule has 4 heteroatoms. The van der Waals surface area contributed by atoms with Gasteiger partial charge in [-0.1, -0.05) is 25.1 Å². The number of piperidine rings is 1. The number of anilines is 1. The first-order valence-corrected chi connectivity index (χ1v) is 6.45. The van der Waals surface area contributed by atoms with Gasteiger partial charge in [-0.2, -0.15) is 10.2 Å². The Kier molecular flexibility index (Phi) is 2.88. The van der Waals surface area contributed by atoms with Crippen molar-refractivity contribution in [3.05, 3.63) is 30.5 Å². The standard InChI is InChI=1S/C14H18N4/c1-10-6-11(15)9-18(8-10)14-7-16-17-13-5-3-2-4-12(13)14/h2-5,7,10-11H,6,8-9,15H2,1H3. The van der Waals surface area contributed by atoms with E-state index in [1.165, 1.54) is 0 Å². The molecular formula is C14H18N4. The van der Waals surface area contributed by atoms with Crippen molar-refractivity contribution in [2.24, 2.45) is 11.7 Å². The van der Waals surface area contributed by atoms with Gasteiger partial charge in [0.05, 0.1) is 17.4 Å². The number of aromatic nitrogens is 2. The fourth-order valence-corrected chi connectivity index (χ4v) is 2.84. The van der Waals surface area contributed by atoms with Crippen LogP contribution in [0.5, 0.6) is 0 Å². The second-order valence-corrected chi connectivity index (χ2v) is 5.25. The Morgan fingerprint density at radius 2 is 2.11 bits per heavy atom. The van der Waals surface area contributed by atoms with Crippen molar-refractivity contribution >= 4 is 16.6 Å². The molecule has 0 amide bonds. The molecule has 1 aromatic heterocycles. The van der Waals surface area contributed by atoms with E-state index in [1.54, 1.807) is 0 Å². The average Bonchev–Trinajstić information content (AvgIpc) is 2.37. The van der Waals surface area contributed by atoms with Crippen LogP contribution in [0.4, 0.5) is 5.69 Å². The quantitative estimate of drug-likeness (QED) is 0.828. The van der Waals surface area contributed by atoms with E-state index in [4.69, 9.17) is 5.73 Å². The van der Waals surface area contributed by atoms with E-state index in [9.17, 15) is 0 Å². The molecular weight excluding hydrogens is 224 g/mol. The van der Waals surface area contributed by atoms with Gasteiger partial charge in [-0.3, -0.25) is 0 Å². The van der Waals surface area contributed by atoms with E-state index in [1.807, 2.05) is 24.4 Å². The van der Waals surface area contributed by atoms with E-state index in [-0.39, 0.29) is 6.04 Å². The highest BCUT2D eigenvalue weighted by atomic mass is 15.2. The summed E-state index contributed by atoms with van der Waals surface area (Å²) in [6, 6.07) is 8.39. The maximum atomic E-state index is 6.12. The number of nitrogens with zero attached hydrogens (tertiary/aromatic N) is 3. The van der Waals surface area contributed by atoms with Gasteiger partial charge in [0.25, 0.3) is 0 Å². The highest BCUT2D eigenvalue weighted by molar-refractivity contribution is 5.90. The van der Waals surface area contributed by atoms with E-state index in [0.29, 0.717) is 5.92 Å². The first-order valence-electron chi connectivity index (χ1n) is 6.45. The molecule has 4 nitrogen and oxygen atoms in total. The molecule has 1 fully saturated rings. The van der Waals surface area contributed by atoms with Crippen LogP contribution in [0.2, 0.25) is 0 Å². The predicted octanol–water partition coefficient (Wildman–Crippen LogP) is 1.80. The highest BCUT2D eigenvalue weighted by Gasteiger charge is 2.23. The molecule has 1 aliphatic heterocycles. The number of nitrogens with two attached hydrogens (primary N) is 1. The summed E-state index contributed by atoms with van der Waals surface area (Å²) in [5.74, 6) is 0.626. The summed E-state index contributed by atoms with van der Waals surface area (Å²) in [6.07, 6.45) is 2.96. The van der Waals surface area contributed by atoms with E-state index in [0.717, 1.165) is 36.1 Å². The molecule has 0 saturated carbocycles. The van der Waals surface area contributed by atoms with Gasteiger partial charge in [0.2, 0.25) is 0 Å². The molecule has 0 aliphatic carbocycles. The monoisotopic (exact) mass is 242 g/mol. The van der Waals surface area contributed by atoms with Gasteiger partial charge in [0.15, 0.2) is 0 Å². The lowest BCUT2D eigenvalue weighted by Gasteiger charge is -2.36. The Morgan fingerprint density at radius 1 is 1.28 bits per heavy atom. The third-order valence-electron chi connectivity index (χ3n) is 3.56. The van der Waals surface area contributed by atoms with Crippen LogP contribution in [0.15, 0.2) is 30.5 Å². The number of hydrogen-bond acceptors (Lipinski definition) is 4. The van der Waals surface area contributed by atoms with E-state index < -0.39 is 0 Å². The van der Waals surface area contributed by atoms with Gasteiger partial charge in [0.1, 0.15) is 0 Å². The molecule has 94 valence electrons. The molecule has 0 radical (unpaired) electrons. The zero-order chi connectivity index (χ0) is 12.5. The molecule has 1 aromatic carbocycles. The van der Waals surface area contributed by atoms with Gasteiger partial charge in [-0.25, -0.2) is 0 Å². The highest BCUT2D eigenvalue weighted by Crippen LogP contribution is 2.27. The minimum absolute atomic E-state index is 0.251. The van der Waals surface area contributed by atoms with Crippen LogP contribution in [0.1, 0.15) is 13.3 Å². The maximum absolute atomic E-state index is 6.12. The molecule has 2 aromatic rings. The van der Waals surface area contributed by atoms with Crippen LogP contribution in [-0.2, 0) is 0 Å². The van der Waals surface area contributed by atoms with Gasteiger partial charge in [-0.15, -0.1) is 0 Å². The second-order valence-electron chi connectivity index (χ2n) is 5.25. The van der Waals surface area contributed by atoms with Crippen LogP contribution in [-0.4, -0.2) is 29.3 Å². The zero-order valence-electron chi connectivity index (χ0n) is 10.6. The molecule has 0 spiro atoms. The first-order chi connectivity index (χ1) is 8.74. The summed E-state index contributed by atoms with van der Waals surface area (Å²) in [5, 5.41) is 9.43. The SMILES string of the molecule is CC1CC(N)CN(c2cnnc3ccccc23)C1. The molecule has 2 heterocycles.